The Labute approximate surface area is 258 Å². The van der Waals surface area contributed by atoms with Crippen LogP contribution < -0.4 is 10.6 Å². The van der Waals surface area contributed by atoms with Crippen molar-refractivity contribution in [3.63, 3.8) is 0 Å². The molecule has 0 amide bonds. The predicted octanol–water partition coefficient (Wildman–Crippen LogP) is 6.57. The van der Waals surface area contributed by atoms with Gasteiger partial charge < -0.3 is 20.3 Å². The van der Waals surface area contributed by atoms with Gasteiger partial charge in [0.2, 0.25) is 5.95 Å². The number of hydrogen-bond donors (Lipinski definition) is 3. The minimum Gasteiger partial charge on any atom is -0.393 e. The summed E-state index contributed by atoms with van der Waals surface area (Å²) in [7, 11) is 0. The number of anilines is 1. The highest BCUT2D eigenvalue weighted by atomic mass is 35.5. The van der Waals surface area contributed by atoms with Gasteiger partial charge >= 0.3 is 6.18 Å². The highest BCUT2D eigenvalue weighted by Gasteiger charge is 2.29. The van der Waals surface area contributed by atoms with E-state index in [1.807, 2.05) is 0 Å². The Bertz CT molecular complexity index is 1310. The Morgan fingerprint density at radius 1 is 0.930 bits per heavy atom. The van der Waals surface area contributed by atoms with E-state index >= 15 is 0 Å². The Morgan fingerprint density at radius 2 is 1.60 bits per heavy atom. The van der Waals surface area contributed by atoms with E-state index in [4.69, 9.17) is 0 Å². The number of likely N-dealkylation sites (tertiary alicyclic amines) is 1. The first-order chi connectivity index (χ1) is 20.3. The second-order valence-corrected chi connectivity index (χ2v) is 12.5. The molecule has 0 atom stereocenters. The maximum Gasteiger partial charge on any atom is 0.390 e. The van der Waals surface area contributed by atoms with E-state index in [0.29, 0.717) is 0 Å². The van der Waals surface area contributed by atoms with Crippen LogP contribution in [0.3, 0.4) is 0 Å². The summed E-state index contributed by atoms with van der Waals surface area (Å²) in [5, 5.41) is 17.2. The van der Waals surface area contributed by atoms with E-state index in [1.165, 1.54) is 44.3 Å². The molecule has 2 aliphatic heterocycles. The van der Waals surface area contributed by atoms with Gasteiger partial charge in [-0.05, 0) is 101 Å². The molecule has 4 heterocycles. The van der Waals surface area contributed by atoms with Gasteiger partial charge in [0.05, 0.1) is 12.5 Å². The number of halogens is 4. The summed E-state index contributed by atoms with van der Waals surface area (Å²) in [5.74, 6) is 1.97. The number of alkyl halides is 3. The van der Waals surface area contributed by atoms with E-state index in [1.54, 1.807) is 6.20 Å². The van der Waals surface area contributed by atoms with Gasteiger partial charge in [-0.15, -0.1) is 12.4 Å². The van der Waals surface area contributed by atoms with Gasteiger partial charge in [0.15, 0.2) is 0 Å². The Kier molecular flexibility index (Phi) is 10.5. The number of aliphatic hydroxyl groups excluding tert-OH is 1. The van der Waals surface area contributed by atoms with Crippen LogP contribution in [-0.4, -0.2) is 69.5 Å². The standard InChI is InChI=1S/C32H43F3N6O.ClH/c33-32(34,35)13-16-37-31-38-19-28-29(21-41(30(28)39-31)26-5-7-27(42)8-6-26)25-3-1-22(2-4-25)20-40-17-11-24(12-18-40)23-9-14-36-15-10-23;/h1-4,19,21,23-24,26-27,36,42H,5-18,20H2,(H,37,38,39);1H. The van der Waals surface area contributed by atoms with Crippen LogP contribution >= 0.6 is 12.4 Å². The number of aromatic nitrogens is 3. The molecule has 1 aromatic carbocycles. The monoisotopic (exact) mass is 620 g/mol. The van der Waals surface area contributed by atoms with Crippen LogP contribution in [0.1, 0.15) is 69.4 Å². The average Bonchev–Trinajstić information content (AvgIpc) is 3.37. The van der Waals surface area contributed by atoms with Gasteiger partial charge in [0.25, 0.3) is 0 Å². The van der Waals surface area contributed by atoms with Crippen molar-refractivity contribution >= 4 is 29.4 Å². The first-order valence-corrected chi connectivity index (χ1v) is 15.7. The Hall–Kier alpha value is -2.40. The van der Waals surface area contributed by atoms with Crippen LogP contribution in [0, 0.1) is 11.8 Å². The lowest BCUT2D eigenvalue weighted by molar-refractivity contribution is -0.131. The van der Waals surface area contributed by atoms with Gasteiger partial charge in [-0.1, -0.05) is 24.3 Å². The largest absolute Gasteiger partial charge is 0.393 e. The van der Waals surface area contributed by atoms with Crippen LogP contribution in [0.4, 0.5) is 19.1 Å². The molecule has 236 valence electrons. The zero-order valence-corrected chi connectivity index (χ0v) is 25.5. The maximum atomic E-state index is 12.7. The fourth-order valence-corrected chi connectivity index (χ4v) is 7.22. The SMILES string of the molecule is Cl.OC1CCC(n2cc(-c3ccc(CN4CCC(C5CCNCC5)CC4)cc3)c3cnc(NCCC(F)(F)F)nc32)CC1. The third kappa shape index (κ3) is 8.01. The van der Waals surface area contributed by atoms with Crippen molar-refractivity contribution < 1.29 is 18.3 Å². The number of fused-ring (bicyclic) bond motifs is 1. The van der Waals surface area contributed by atoms with Crippen LogP contribution in [0.15, 0.2) is 36.7 Å². The second-order valence-electron chi connectivity index (χ2n) is 12.5. The summed E-state index contributed by atoms with van der Waals surface area (Å²) in [6.45, 7) is 5.36. The summed E-state index contributed by atoms with van der Waals surface area (Å²) in [6, 6.07) is 8.92. The molecule has 1 aliphatic carbocycles. The molecule has 0 unspecified atom stereocenters. The molecule has 2 aromatic heterocycles. The molecule has 43 heavy (non-hydrogen) atoms. The average molecular weight is 621 g/mol. The molecular formula is C32H44ClF3N6O. The molecule has 7 nitrogen and oxygen atoms in total. The van der Waals surface area contributed by atoms with Gasteiger partial charge in [-0.3, -0.25) is 4.90 Å². The van der Waals surface area contributed by atoms with Crippen molar-refractivity contribution in [1.82, 2.24) is 24.8 Å². The molecule has 3 aromatic rings. The van der Waals surface area contributed by atoms with Crippen molar-refractivity contribution in [2.75, 3.05) is 38.0 Å². The van der Waals surface area contributed by atoms with E-state index < -0.39 is 12.6 Å². The zero-order valence-electron chi connectivity index (χ0n) is 24.7. The molecule has 11 heteroatoms. The van der Waals surface area contributed by atoms with Gasteiger partial charge in [0, 0.05) is 42.5 Å². The number of hydrogen-bond acceptors (Lipinski definition) is 6. The highest BCUT2D eigenvalue weighted by molar-refractivity contribution is 5.94. The van der Waals surface area contributed by atoms with Crippen molar-refractivity contribution in [3.8, 4) is 11.1 Å². The zero-order chi connectivity index (χ0) is 29.1. The smallest absolute Gasteiger partial charge is 0.390 e. The topological polar surface area (TPSA) is 78.2 Å². The van der Waals surface area contributed by atoms with Gasteiger partial charge in [0.1, 0.15) is 5.65 Å². The maximum absolute atomic E-state index is 12.7. The van der Waals surface area contributed by atoms with E-state index in [2.05, 4.69) is 60.5 Å². The molecule has 3 fully saturated rings. The first-order valence-electron chi connectivity index (χ1n) is 15.7. The highest BCUT2D eigenvalue weighted by Crippen LogP contribution is 2.37. The Morgan fingerprint density at radius 3 is 2.28 bits per heavy atom. The fraction of sp³-hybridized carbons (Fsp3) is 0.625. The number of benzene rings is 1. The summed E-state index contributed by atoms with van der Waals surface area (Å²) < 4.78 is 40.2. The molecule has 0 radical (unpaired) electrons. The third-order valence-electron chi connectivity index (χ3n) is 9.68. The minimum absolute atomic E-state index is 0. The van der Waals surface area contributed by atoms with Crippen LogP contribution in [0.25, 0.3) is 22.2 Å². The lowest BCUT2D eigenvalue weighted by Crippen LogP contribution is -2.39. The lowest BCUT2D eigenvalue weighted by atomic mass is 9.79. The van der Waals surface area contributed by atoms with Crippen molar-refractivity contribution in [1.29, 1.82) is 0 Å². The minimum atomic E-state index is -4.23. The Balaban J connectivity index is 0.00000368. The molecular weight excluding hydrogens is 577 g/mol. The summed E-state index contributed by atoms with van der Waals surface area (Å²) in [4.78, 5) is 11.6. The second kappa shape index (κ2) is 14.1. The fourth-order valence-electron chi connectivity index (χ4n) is 7.22. The summed E-state index contributed by atoms with van der Waals surface area (Å²) >= 11 is 0. The van der Waals surface area contributed by atoms with Crippen molar-refractivity contribution in [2.45, 2.75) is 82.7 Å². The van der Waals surface area contributed by atoms with E-state index in [0.717, 1.165) is 79.3 Å². The van der Waals surface area contributed by atoms with Crippen LogP contribution in [-0.2, 0) is 6.54 Å². The molecule has 3 N–H and O–H groups in total. The summed E-state index contributed by atoms with van der Waals surface area (Å²) in [6.07, 6.45) is 6.75. The van der Waals surface area contributed by atoms with E-state index in [9.17, 15) is 18.3 Å². The predicted molar refractivity (Wildman–Crippen MR) is 166 cm³/mol. The normalized spacial score (nSPS) is 22.9. The third-order valence-corrected chi connectivity index (χ3v) is 9.68. The van der Waals surface area contributed by atoms with Gasteiger partial charge in [-0.2, -0.15) is 18.2 Å². The van der Waals surface area contributed by atoms with Crippen molar-refractivity contribution in [2.24, 2.45) is 11.8 Å². The number of nitrogens with zero attached hydrogens (tertiary/aromatic N) is 4. The number of rotatable bonds is 8. The number of piperidine rings is 2. The number of aliphatic hydroxyl groups is 1. The summed E-state index contributed by atoms with van der Waals surface area (Å²) in [5.41, 5.74) is 4.12. The molecule has 3 aliphatic rings. The number of nitrogens with one attached hydrogen (secondary N) is 2. The first kappa shape index (κ1) is 32.0. The molecule has 2 saturated heterocycles. The van der Waals surface area contributed by atoms with Gasteiger partial charge in [-0.25, -0.2) is 4.98 Å². The lowest BCUT2D eigenvalue weighted by Gasteiger charge is -2.37. The molecule has 6 rings (SSSR count). The van der Waals surface area contributed by atoms with E-state index in [-0.39, 0.29) is 37.0 Å². The van der Waals surface area contributed by atoms with Crippen LogP contribution in [0.2, 0.25) is 0 Å². The van der Waals surface area contributed by atoms with Crippen molar-refractivity contribution in [3.05, 3.63) is 42.2 Å². The van der Waals surface area contributed by atoms with Crippen LogP contribution in [0.5, 0.6) is 0 Å². The quantitative estimate of drug-likeness (QED) is 0.264. The molecule has 0 spiro atoms. The molecule has 0 bridgehead atoms. The molecule has 1 saturated carbocycles.